The highest BCUT2D eigenvalue weighted by atomic mass is 35.5. The highest BCUT2D eigenvalue weighted by molar-refractivity contribution is 7.92. The van der Waals surface area contributed by atoms with Crippen molar-refractivity contribution in [3.05, 3.63) is 71.2 Å². The van der Waals surface area contributed by atoms with E-state index < -0.39 is 10.0 Å². The lowest BCUT2D eigenvalue weighted by molar-refractivity contribution is 0.601. The summed E-state index contributed by atoms with van der Waals surface area (Å²) in [5.41, 5.74) is 1.54. The number of anilines is 3. The van der Waals surface area contributed by atoms with Crippen molar-refractivity contribution < 1.29 is 8.42 Å². The maximum absolute atomic E-state index is 12.4. The molecule has 0 spiro atoms. The smallest absolute Gasteiger partial charge is 0.263 e. The standard InChI is InChI=1S/C17H15ClN4O2S/c1-12-11-14(7-8-15(12)18)25(23,24)22-17-10-9-16(20-21-17)19-13-5-3-2-4-6-13/h2-11H,1H3,(H,19,20)(H,21,22). The fraction of sp³-hybridized carbons (Fsp3) is 0.0588. The third kappa shape index (κ3) is 4.26. The lowest BCUT2D eigenvalue weighted by atomic mass is 10.2. The minimum absolute atomic E-state index is 0.114. The van der Waals surface area contributed by atoms with Gasteiger partial charge in [0.15, 0.2) is 11.6 Å². The molecule has 0 aliphatic carbocycles. The minimum Gasteiger partial charge on any atom is -0.339 e. The first-order valence-electron chi connectivity index (χ1n) is 7.39. The van der Waals surface area contributed by atoms with Crippen molar-refractivity contribution in [2.24, 2.45) is 0 Å². The largest absolute Gasteiger partial charge is 0.339 e. The molecule has 0 atom stereocenters. The van der Waals surface area contributed by atoms with Gasteiger partial charge >= 0.3 is 0 Å². The van der Waals surface area contributed by atoms with E-state index in [0.29, 0.717) is 16.4 Å². The summed E-state index contributed by atoms with van der Waals surface area (Å²) < 4.78 is 27.2. The quantitative estimate of drug-likeness (QED) is 0.705. The molecule has 6 nitrogen and oxygen atoms in total. The summed E-state index contributed by atoms with van der Waals surface area (Å²) in [6.45, 7) is 1.74. The van der Waals surface area contributed by atoms with Gasteiger partial charge in [-0.3, -0.25) is 4.72 Å². The summed E-state index contributed by atoms with van der Waals surface area (Å²) in [5, 5.41) is 11.5. The lowest BCUT2D eigenvalue weighted by Gasteiger charge is -2.09. The van der Waals surface area contributed by atoms with Crippen LogP contribution in [0.4, 0.5) is 17.3 Å². The zero-order chi connectivity index (χ0) is 17.9. The van der Waals surface area contributed by atoms with Crippen molar-refractivity contribution in [3.8, 4) is 0 Å². The number of sulfonamides is 1. The molecule has 0 saturated heterocycles. The summed E-state index contributed by atoms with van der Waals surface area (Å²) in [7, 11) is -3.76. The maximum atomic E-state index is 12.4. The molecule has 3 rings (SSSR count). The number of halogens is 1. The van der Waals surface area contributed by atoms with E-state index in [1.807, 2.05) is 30.3 Å². The monoisotopic (exact) mass is 374 g/mol. The van der Waals surface area contributed by atoms with Crippen molar-refractivity contribution in [3.63, 3.8) is 0 Å². The van der Waals surface area contributed by atoms with Crippen molar-refractivity contribution in [2.75, 3.05) is 10.0 Å². The Bertz CT molecular complexity index is 977. The Labute approximate surface area is 150 Å². The summed E-state index contributed by atoms with van der Waals surface area (Å²) in [6, 6.07) is 17.2. The van der Waals surface area contributed by atoms with Crippen LogP contribution in [0, 0.1) is 6.92 Å². The van der Waals surface area contributed by atoms with Gasteiger partial charge in [0.1, 0.15) is 0 Å². The number of aryl methyl sites for hydroxylation is 1. The second-order valence-corrected chi connectivity index (χ2v) is 7.40. The number of aromatic nitrogens is 2. The number of nitrogens with zero attached hydrogens (tertiary/aromatic N) is 2. The van der Waals surface area contributed by atoms with Gasteiger partial charge in [-0.05, 0) is 55.0 Å². The van der Waals surface area contributed by atoms with Gasteiger partial charge in [-0.15, -0.1) is 10.2 Å². The molecule has 2 aromatic carbocycles. The van der Waals surface area contributed by atoms with E-state index in [1.54, 1.807) is 25.1 Å². The third-order valence-electron chi connectivity index (χ3n) is 3.39. The van der Waals surface area contributed by atoms with Crippen LogP contribution < -0.4 is 10.0 Å². The average Bonchev–Trinajstić information content (AvgIpc) is 2.60. The number of para-hydroxylation sites is 1. The molecule has 0 radical (unpaired) electrons. The van der Waals surface area contributed by atoms with E-state index >= 15 is 0 Å². The van der Waals surface area contributed by atoms with Crippen molar-refractivity contribution in [1.29, 1.82) is 0 Å². The average molecular weight is 375 g/mol. The van der Waals surface area contributed by atoms with Crippen LogP contribution in [-0.2, 0) is 10.0 Å². The molecular weight excluding hydrogens is 360 g/mol. The number of hydrogen-bond acceptors (Lipinski definition) is 5. The molecule has 0 aliphatic rings. The van der Waals surface area contributed by atoms with Crippen LogP contribution in [0.5, 0.6) is 0 Å². The molecule has 1 heterocycles. The lowest BCUT2D eigenvalue weighted by Crippen LogP contribution is -2.14. The van der Waals surface area contributed by atoms with Gasteiger partial charge in [0.05, 0.1) is 4.90 Å². The van der Waals surface area contributed by atoms with Crippen LogP contribution in [0.15, 0.2) is 65.6 Å². The summed E-state index contributed by atoms with van der Waals surface area (Å²) in [4.78, 5) is 0.114. The van der Waals surface area contributed by atoms with Gasteiger partial charge in [0.25, 0.3) is 10.0 Å². The molecule has 3 aromatic rings. The number of hydrogen-bond donors (Lipinski definition) is 2. The molecular formula is C17H15ClN4O2S. The highest BCUT2D eigenvalue weighted by Crippen LogP contribution is 2.21. The van der Waals surface area contributed by atoms with E-state index in [0.717, 1.165) is 5.69 Å². The molecule has 0 amide bonds. The molecule has 0 aliphatic heterocycles. The predicted molar refractivity (Wildman–Crippen MR) is 98.8 cm³/mol. The van der Waals surface area contributed by atoms with Crippen LogP contribution in [0.2, 0.25) is 5.02 Å². The van der Waals surface area contributed by atoms with E-state index in [9.17, 15) is 8.42 Å². The first kappa shape index (κ1) is 17.2. The predicted octanol–water partition coefficient (Wildman–Crippen LogP) is 3.98. The van der Waals surface area contributed by atoms with E-state index in [1.165, 1.54) is 12.1 Å². The molecule has 0 saturated carbocycles. The number of nitrogens with one attached hydrogen (secondary N) is 2. The van der Waals surface area contributed by atoms with Crippen LogP contribution in [0.25, 0.3) is 0 Å². The zero-order valence-corrected chi connectivity index (χ0v) is 14.8. The van der Waals surface area contributed by atoms with Gasteiger partial charge in [0, 0.05) is 10.7 Å². The Kier molecular flexibility index (Phi) is 4.87. The van der Waals surface area contributed by atoms with E-state index in [4.69, 9.17) is 11.6 Å². The summed E-state index contributed by atoms with van der Waals surface area (Å²) >= 11 is 5.93. The normalized spacial score (nSPS) is 11.1. The second-order valence-electron chi connectivity index (χ2n) is 5.31. The van der Waals surface area contributed by atoms with Crippen molar-refractivity contribution in [2.45, 2.75) is 11.8 Å². The Hall–Kier alpha value is -2.64. The molecule has 0 fully saturated rings. The highest BCUT2D eigenvalue weighted by Gasteiger charge is 2.16. The first-order chi connectivity index (χ1) is 11.9. The second kappa shape index (κ2) is 7.08. The topological polar surface area (TPSA) is 84.0 Å². The van der Waals surface area contributed by atoms with Crippen LogP contribution in [0.1, 0.15) is 5.56 Å². The first-order valence-corrected chi connectivity index (χ1v) is 9.25. The molecule has 1 aromatic heterocycles. The van der Waals surface area contributed by atoms with Crippen molar-refractivity contribution in [1.82, 2.24) is 10.2 Å². The molecule has 8 heteroatoms. The molecule has 2 N–H and O–H groups in total. The Balaban J connectivity index is 1.75. The van der Waals surface area contributed by atoms with Gasteiger partial charge in [-0.1, -0.05) is 29.8 Å². The van der Waals surface area contributed by atoms with Gasteiger partial charge in [-0.2, -0.15) is 0 Å². The molecule has 0 bridgehead atoms. The fourth-order valence-corrected chi connectivity index (χ4v) is 3.30. The van der Waals surface area contributed by atoms with E-state index in [2.05, 4.69) is 20.2 Å². The number of rotatable bonds is 5. The van der Waals surface area contributed by atoms with Gasteiger partial charge in [0.2, 0.25) is 0 Å². The minimum atomic E-state index is -3.76. The van der Waals surface area contributed by atoms with Crippen molar-refractivity contribution >= 4 is 38.9 Å². The Morgan fingerprint density at radius 2 is 1.60 bits per heavy atom. The van der Waals surface area contributed by atoms with Gasteiger partial charge in [-0.25, -0.2) is 8.42 Å². The summed E-state index contributed by atoms with van der Waals surface area (Å²) in [6.07, 6.45) is 0. The van der Waals surface area contributed by atoms with Gasteiger partial charge < -0.3 is 5.32 Å². The maximum Gasteiger partial charge on any atom is 0.263 e. The van der Waals surface area contributed by atoms with Crippen LogP contribution >= 0.6 is 11.6 Å². The fourth-order valence-electron chi connectivity index (χ4n) is 2.10. The SMILES string of the molecule is Cc1cc(S(=O)(=O)Nc2ccc(Nc3ccccc3)nn2)ccc1Cl. The Morgan fingerprint density at radius 3 is 2.24 bits per heavy atom. The van der Waals surface area contributed by atoms with Crippen LogP contribution in [-0.4, -0.2) is 18.6 Å². The molecule has 25 heavy (non-hydrogen) atoms. The summed E-state index contributed by atoms with van der Waals surface area (Å²) in [5.74, 6) is 0.641. The molecule has 128 valence electrons. The van der Waals surface area contributed by atoms with Crippen LogP contribution in [0.3, 0.4) is 0 Å². The Morgan fingerprint density at radius 1 is 0.920 bits per heavy atom. The zero-order valence-electron chi connectivity index (χ0n) is 13.3. The third-order valence-corrected chi connectivity index (χ3v) is 5.17. The van der Waals surface area contributed by atoms with E-state index in [-0.39, 0.29) is 10.7 Å². The molecule has 0 unspecified atom stereocenters. The number of benzene rings is 2.